The number of phenolic OH excluding ortho intramolecular Hbond substituents is 1. The zero-order valence-corrected chi connectivity index (χ0v) is 18.4. The zero-order valence-electron chi connectivity index (χ0n) is 18.4. The SMILES string of the molecule is Cc1cc(C)c(Cc2cc(C(C)(C)C)c(O)c(C(C)(C)C)c2)c(C)c1C. The monoisotopic (exact) mass is 352 g/mol. The Morgan fingerprint density at radius 1 is 0.692 bits per heavy atom. The molecule has 0 spiro atoms. The second-order valence-electron chi connectivity index (χ2n) is 9.96. The third kappa shape index (κ3) is 3.98. The summed E-state index contributed by atoms with van der Waals surface area (Å²) in [5.41, 5.74) is 10.1. The highest BCUT2D eigenvalue weighted by molar-refractivity contribution is 5.52. The Bertz CT molecular complexity index is 792. The molecule has 2 rings (SSSR count). The molecule has 0 heterocycles. The first-order valence-electron chi connectivity index (χ1n) is 9.66. The van der Waals surface area contributed by atoms with Crippen LogP contribution in [0.5, 0.6) is 5.75 Å². The summed E-state index contributed by atoms with van der Waals surface area (Å²) in [6.45, 7) is 21.9. The van der Waals surface area contributed by atoms with Crippen LogP contribution in [0.2, 0.25) is 0 Å². The lowest BCUT2D eigenvalue weighted by Gasteiger charge is -2.28. The third-order valence-corrected chi connectivity index (χ3v) is 5.68. The van der Waals surface area contributed by atoms with E-state index in [4.69, 9.17) is 0 Å². The van der Waals surface area contributed by atoms with E-state index in [1.165, 1.54) is 33.4 Å². The van der Waals surface area contributed by atoms with Crippen molar-refractivity contribution in [1.82, 2.24) is 0 Å². The summed E-state index contributed by atoms with van der Waals surface area (Å²) in [5, 5.41) is 10.9. The minimum atomic E-state index is -0.0899. The van der Waals surface area contributed by atoms with Crippen molar-refractivity contribution >= 4 is 0 Å². The molecule has 1 heteroatoms. The summed E-state index contributed by atoms with van der Waals surface area (Å²) in [6.07, 6.45) is 0.908. The molecular formula is C25H36O. The first-order valence-corrected chi connectivity index (χ1v) is 9.66. The van der Waals surface area contributed by atoms with Crippen LogP contribution in [-0.4, -0.2) is 5.11 Å². The maximum atomic E-state index is 10.9. The van der Waals surface area contributed by atoms with E-state index >= 15 is 0 Å². The van der Waals surface area contributed by atoms with Gasteiger partial charge < -0.3 is 5.11 Å². The number of hydrogen-bond acceptors (Lipinski definition) is 1. The van der Waals surface area contributed by atoms with Gasteiger partial charge in [-0.05, 0) is 89.5 Å². The van der Waals surface area contributed by atoms with E-state index in [0.717, 1.165) is 17.5 Å². The molecule has 0 amide bonds. The Balaban J connectivity index is 2.67. The molecule has 0 aliphatic rings. The lowest BCUT2D eigenvalue weighted by atomic mass is 9.77. The van der Waals surface area contributed by atoms with Gasteiger partial charge in [0.25, 0.3) is 0 Å². The van der Waals surface area contributed by atoms with Gasteiger partial charge >= 0.3 is 0 Å². The predicted molar refractivity (Wildman–Crippen MR) is 114 cm³/mol. The summed E-state index contributed by atoms with van der Waals surface area (Å²) in [7, 11) is 0. The van der Waals surface area contributed by atoms with Crippen molar-refractivity contribution in [3.05, 3.63) is 62.7 Å². The summed E-state index contributed by atoms with van der Waals surface area (Å²) in [6, 6.07) is 6.71. The van der Waals surface area contributed by atoms with Crippen molar-refractivity contribution in [2.45, 2.75) is 86.5 Å². The molecule has 0 radical (unpaired) electrons. The standard InChI is InChI=1S/C25H36O/c1-15-11-16(2)20(18(4)17(15)3)12-19-13-21(24(5,6)7)23(26)22(14-19)25(8,9)10/h11,13-14,26H,12H2,1-10H3. The predicted octanol–water partition coefficient (Wildman–Crippen LogP) is 6.81. The van der Waals surface area contributed by atoms with Gasteiger partial charge in [-0.25, -0.2) is 0 Å². The first kappa shape index (κ1) is 20.6. The normalized spacial score (nSPS) is 12.5. The summed E-state index contributed by atoms with van der Waals surface area (Å²) >= 11 is 0. The van der Waals surface area contributed by atoms with E-state index in [2.05, 4.69) is 87.4 Å². The molecular weight excluding hydrogens is 316 g/mol. The maximum Gasteiger partial charge on any atom is 0.123 e. The molecule has 1 nitrogen and oxygen atoms in total. The number of benzene rings is 2. The fourth-order valence-electron chi connectivity index (χ4n) is 3.75. The molecule has 2 aromatic rings. The van der Waals surface area contributed by atoms with E-state index in [1.807, 2.05) is 0 Å². The molecule has 0 atom stereocenters. The first-order chi connectivity index (χ1) is 11.7. The number of rotatable bonds is 2. The van der Waals surface area contributed by atoms with Gasteiger partial charge in [0, 0.05) is 0 Å². The van der Waals surface area contributed by atoms with Gasteiger partial charge in [-0.15, -0.1) is 0 Å². The molecule has 0 aromatic heterocycles. The Labute approximate surface area is 160 Å². The maximum absolute atomic E-state index is 10.9. The average Bonchev–Trinajstić information content (AvgIpc) is 2.48. The molecule has 0 aliphatic carbocycles. The Morgan fingerprint density at radius 2 is 1.15 bits per heavy atom. The van der Waals surface area contributed by atoms with Crippen molar-refractivity contribution in [1.29, 1.82) is 0 Å². The summed E-state index contributed by atoms with van der Waals surface area (Å²) < 4.78 is 0. The Morgan fingerprint density at radius 3 is 1.58 bits per heavy atom. The van der Waals surface area contributed by atoms with Crippen LogP contribution in [0.1, 0.15) is 86.1 Å². The lowest BCUT2D eigenvalue weighted by molar-refractivity contribution is 0.423. The highest BCUT2D eigenvalue weighted by atomic mass is 16.3. The highest BCUT2D eigenvalue weighted by Gasteiger charge is 2.26. The largest absolute Gasteiger partial charge is 0.507 e. The number of aryl methyl sites for hydroxylation is 2. The van der Waals surface area contributed by atoms with Crippen LogP contribution < -0.4 is 0 Å². The zero-order chi connectivity index (χ0) is 20.0. The molecule has 2 aromatic carbocycles. The van der Waals surface area contributed by atoms with Gasteiger partial charge in [-0.1, -0.05) is 59.7 Å². The molecule has 0 unspecified atom stereocenters. The molecule has 1 N–H and O–H groups in total. The quantitative estimate of drug-likeness (QED) is 0.629. The van der Waals surface area contributed by atoms with E-state index in [1.54, 1.807) is 0 Å². The minimum Gasteiger partial charge on any atom is -0.507 e. The number of hydrogen-bond donors (Lipinski definition) is 1. The smallest absolute Gasteiger partial charge is 0.123 e. The molecule has 0 saturated carbocycles. The molecule has 0 bridgehead atoms. The third-order valence-electron chi connectivity index (χ3n) is 5.68. The van der Waals surface area contributed by atoms with Gasteiger partial charge in [0.15, 0.2) is 0 Å². The Hall–Kier alpha value is -1.76. The molecule has 0 aliphatic heterocycles. The van der Waals surface area contributed by atoms with E-state index in [-0.39, 0.29) is 10.8 Å². The van der Waals surface area contributed by atoms with Crippen LogP contribution in [0.25, 0.3) is 0 Å². The second-order valence-corrected chi connectivity index (χ2v) is 9.96. The van der Waals surface area contributed by atoms with Crippen LogP contribution in [0.3, 0.4) is 0 Å². The van der Waals surface area contributed by atoms with E-state index in [9.17, 15) is 5.11 Å². The van der Waals surface area contributed by atoms with Crippen molar-refractivity contribution in [3.63, 3.8) is 0 Å². The van der Waals surface area contributed by atoms with Gasteiger partial charge in [-0.2, -0.15) is 0 Å². The van der Waals surface area contributed by atoms with Gasteiger partial charge in [0.05, 0.1) is 0 Å². The minimum absolute atomic E-state index is 0.0899. The van der Waals surface area contributed by atoms with Crippen LogP contribution in [0.15, 0.2) is 18.2 Å². The van der Waals surface area contributed by atoms with E-state index in [0.29, 0.717) is 5.75 Å². The van der Waals surface area contributed by atoms with Gasteiger partial charge in [-0.3, -0.25) is 0 Å². The topological polar surface area (TPSA) is 20.2 Å². The summed E-state index contributed by atoms with van der Waals surface area (Å²) in [5.74, 6) is 0.460. The highest BCUT2D eigenvalue weighted by Crippen LogP contribution is 2.40. The number of phenols is 1. The van der Waals surface area contributed by atoms with Crippen molar-refractivity contribution < 1.29 is 5.11 Å². The Kier molecular flexibility index (Phi) is 5.34. The van der Waals surface area contributed by atoms with Crippen molar-refractivity contribution in [2.75, 3.05) is 0 Å². The van der Waals surface area contributed by atoms with Gasteiger partial charge in [0.1, 0.15) is 5.75 Å². The van der Waals surface area contributed by atoms with Crippen LogP contribution >= 0.6 is 0 Å². The molecule has 0 saturated heterocycles. The summed E-state index contributed by atoms with van der Waals surface area (Å²) in [4.78, 5) is 0. The molecule has 142 valence electrons. The average molecular weight is 353 g/mol. The van der Waals surface area contributed by atoms with Crippen molar-refractivity contribution in [2.24, 2.45) is 0 Å². The molecule has 26 heavy (non-hydrogen) atoms. The van der Waals surface area contributed by atoms with Crippen LogP contribution in [-0.2, 0) is 17.3 Å². The number of aromatic hydroxyl groups is 1. The fraction of sp³-hybridized carbons (Fsp3) is 0.520. The molecule has 0 fully saturated rings. The fourth-order valence-corrected chi connectivity index (χ4v) is 3.75. The van der Waals surface area contributed by atoms with E-state index < -0.39 is 0 Å². The lowest BCUT2D eigenvalue weighted by Crippen LogP contribution is -2.18. The van der Waals surface area contributed by atoms with Crippen LogP contribution in [0, 0.1) is 27.7 Å². The second kappa shape index (κ2) is 6.76. The van der Waals surface area contributed by atoms with Crippen LogP contribution in [0.4, 0.5) is 0 Å². The van der Waals surface area contributed by atoms with Gasteiger partial charge in [0.2, 0.25) is 0 Å². The van der Waals surface area contributed by atoms with Crippen molar-refractivity contribution in [3.8, 4) is 5.75 Å².